The second-order valence-corrected chi connectivity index (χ2v) is 5.32. The Kier molecular flexibility index (Phi) is 5.01. The van der Waals surface area contributed by atoms with Crippen LogP contribution in [0.15, 0.2) is 12.7 Å². The maximum absolute atomic E-state index is 10.7. The van der Waals surface area contributed by atoms with Gasteiger partial charge in [-0.25, -0.2) is 0 Å². The van der Waals surface area contributed by atoms with E-state index in [1.54, 1.807) is 6.08 Å². The molecule has 0 aliphatic carbocycles. The van der Waals surface area contributed by atoms with Gasteiger partial charge in [0.1, 0.15) is 0 Å². The lowest BCUT2D eigenvalue weighted by Crippen LogP contribution is -2.23. The van der Waals surface area contributed by atoms with Crippen molar-refractivity contribution in [3.05, 3.63) is 12.7 Å². The second kappa shape index (κ2) is 5.26. The molecule has 3 atom stereocenters. The fourth-order valence-electron chi connectivity index (χ4n) is 1.11. The van der Waals surface area contributed by atoms with Crippen molar-refractivity contribution >= 4 is 16.3 Å². The quantitative estimate of drug-likeness (QED) is 0.406. The number of rotatable bonds is 6. The lowest BCUT2D eigenvalue weighted by Gasteiger charge is -2.18. The molecular formula is C9H17NO3S. The Balaban J connectivity index is 4.48. The first-order valence-corrected chi connectivity index (χ1v) is 5.92. The van der Waals surface area contributed by atoms with Crippen molar-refractivity contribution in [3.8, 4) is 0 Å². The van der Waals surface area contributed by atoms with Crippen molar-refractivity contribution in [1.29, 1.82) is 5.41 Å². The van der Waals surface area contributed by atoms with Gasteiger partial charge in [-0.2, -0.15) is 8.42 Å². The van der Waals surface area contributed by atoms with Crippen molar-refractivity contribution < 1.29 is 13.0 Å². The molecule has 0 aliphatic rings. The zero-order valence-electron chi connectivity index (χ0n) is 8.47. The first-order chi connectivity index (χ1) is 6.32. The van der Waals surface area contributed by atoms with Crippen LogP contribution in [-0.4, -0.2) is 24.4 Å². The van der Waals surface area contributed by atoms with E-state index in [9.17, 15) is 8.42 Å². The summed E-state index contributed by atoms with van der Waals surface area (Å²) < 4.78 is 30.3. The fraction of sp³-hybridized carbons (Fsp3) is 0.667. The van der Waals surface area contributed by atoms with E-state index >= 15 is 0 Å². The van der Waals surface area contributed by atoms with Crippen LogP contribution < -0.4 is 0 Å². The Morgan fingerprint density at radius 1 is 1.50 bits per heavy atom. The van der Waals surface area contributed by atoms with E-state index in [1.165, 1.54) is 13.1 Å². The van der Waals surface area contributed by atoms with Gasteiger partial charge in [-0.15, -0.1) is 6.58 Å². The van der Waals surface area contributed by atoms with Gasteiger partial charge in [-0.05, 0) is 25.5 Å². The van der Waals surface area contributed by atoms with Crippen LogP contribution in [-0.2, 0) is 10.1 Å². The molecule has 0 saturated heterocycles. The van der Waals surface area contributed by atoms with Gasteiger partial charge in [0.15, 0.2) is 0 Å². The molecule has 0 heterocycles. The smallest absolute Gasteiger partial charge is 0.267 e. The van der Waals surface area contributed by atoms with Crippen LogP contribution in [0.4, 0.5) is 0 Å². The van der Waals surface area contributed by atoms with E-state index in [0.29, 0.717) is 0 Å². The summed E-state index contributed by atoms with van der Waals surface area (Å²) in [5.41, 5.74) is 0. The fourth-order valence-corrected chi connectivity index (χ4v) is 1.58. The molecule has 4 nitrogen and oxygen atoms in total. The van der Waals surface area contributed by atoms with Gasteiger partial charge in [0.05, 0.1) is 5.25 Å². The lowest BCUT2D eigenvalue weighted by atomic mass is 9.91. The molecule has 0 fully saturated rings. The normalized spacial score (nSPS) is 18.2. The first kappa shape index (κ1) is 13.3. The summed E-state index contributed by atoms with van der Waals surface area (Å²) in [4.78, 5) is 0. The summed E-state index contributed by atoms with van der Waals surface area (Å²) >= 11 is 0. The van der Waals surface area contributed by atoms with E-state index in [0.717, 1.165) is 0 Å². The van der Waals surface area contributed by atoms with E-state index in [-0.39, 0.29) is 18.3 Å². The molecule has 0 radical (unpaired) electrons. The zero-order chi connectivity index (χ0) is 11.4. The molecule has 0 aromatic rings. The van der Waals surface area contributed by atoms with Gasteiger partial charge in [-0.1, -0.05) is 13.0 Å². The topological polar surface area (TPSA) is 78.2 Å². The molecule has 14 heavy (non-hydrogen) atoms. The van der Waals surface area contributed by atoms with Crippen LogP contribution >= 0.6 is 0 Å². The summed E-state index contributed by atoms with van der Waals surface area (Å²) in [5.74, 6) is -0.152. The van der Waals surface area contributed by atoms with E-state index in [1.807, 2.05) is 6.92 Å². The van der Waals surface area contributed by atoms with Crippen LogP contribution in [0.5, 0.6) is 0 Å². The van der Waals surface area contributed by atoms with Crippen molar-refractivity contribution in [2.45, 2.75) is 25.5 Å². The van der Waals surface area contributed by atoms with E-state index in [4.69, 9.17) is 9.96 Å². The maximum atomic E-state index is 10.7. The molecule has 2 N–H and O–H groups in total. The van der Waals surface area contributed by atoms with Gasteiger partial charge >= 0.3 is 0 Å². The minimum atomic E-state index is -3.99. The Morgan fingerprint density at radius 3 is 2.29 bits per heavy atom. The summed E-state index contributed by atoms with van der Waals surface area (Å²) in [6.45, 7) is 6.88. The minimum Gasteiger partial charge on any atom is -0.313 e. The highest BCUT2D eigenvalue weighted by atomic mass is 32.2. The van der Waals surface area contributed by atoms with E-state index < -0.39 is 15.4 Å². The Morgan fingerprint density at radius 2 is 2.00 bits per heavy atom. The number of hydrogen-bond acceptors (Lipinski definition) is 3. The van der Waals surface area contributed by atoms with Gasteiger partial charge in [0.25, 0.3) is 10.1 Å². The first-order valence-electron chi connectivity index (χ1n) is 4.42. The Bertz CT molecular complexity index is 297. The van der Waals surface area contributed by atoms with Crippen LogP contribution in [0.1, 0.15) is 20.3 Å². The summed E-state index contributed by atoms with van der Waals surface area (Å²) in [7, 11) is -3.99. The average molecular weight is 219 g/mol. The lowest BCUT2D eigenvalue weighted by molar-refractivity contribution is 0.443. The van der Waals surface area contributed by atoms with Crippen molar-refractivity contribution in [2.75, 3.05) is 0 Å². The molecule has 0 aromatic heterocycles. The molecule has 82 valence electrons. The highest BCUT2D eigenvalue weighted by Crippen LogP contribution is 2.19. The van der Waals surface area contributed by atoms with Crippen LogP contribution in [0.2, 0.25) is 0 Å². The molecule has 0 saturated carbocycles. The monoisotopic (exact) mass is 219 g/mol. The summed E-state index contributed by atoms with van der Waals surface area (Å²) in [6, 6.07) is 0. The maximum Gasteiger partial charge on any atom is 0.267 e. The summed E-state index contributed by atoms with van der Waals surface area (Å²) in [6.07, 6.45) is 3.12. The molecular weight excluding hydrogens is 202 g/mol. The van der Waals surface area contributed by atoms with Gasteiger partial charge in [0.2, 0.25) is 0 Å². The average Bonchev–Trinajstić information content (AvgIpc) is 2.10. The van der Waals surface area contributed by atoms with Gasteiger partial charge in [-0.3, -0.25) is 4.55 Å². The van der Waals surface area contributed by atoms with Gasteiger partial charge < -0.3 is 5.41 Å². The molecule has 2 unspecified atom stereocenters. The zero-order valence-corrected chi connectivity index (χ0v) is 9.29. The van der Waals surface area contributed by atoms with Crippen molar-refractivity contribution in [1.82, 2.24) is 0 Å². The second-order valence-electron chi connectivity index (χ2n) is 3.49. The number of hydrogen-bond donors (Lipinski definition) is 2. The third-order valence-corrected chi connectivity index (χ3v) is 3.58. The van der Waals surface area contributed by atoms with Crippen LogP contribution in [0, 0.1) is 17.2 Å². The number of allylic oxidation sites excluding steroid dienone is 1. The van der Waals surface area contributed by atoms with Crippen LogP contribution in [0.25, 0.3) is 0 Å². The minimum absolute atomic E-state index is 0.0386. The molecule has 0 rings (SSSR count). The Hall–Kier alpha value is -0.680. The largest absolute Gasteiger partial charge is 0.313 e. The highest BCUT2D eigenvalue weighted by Gasteiger charge is 2.23. The molecule has 0 aromatic carbocycles. The van der Waals surface area contributed by atoms with Crippen LogP contribution in [0.3, 0.4) is 0 Å². The van der Waals surface area contributed by atoms with Crippen molar-refractivity contribution in [2.24, 2.45) is 11.8 Å². The molecule has 0 aliphatic heterocycles. The van der Waals surface area contributed by atoms with Gasteiger partial charge in [0, 0.05) is 5.92 Å². The third kappa shape index (κ3) is 4.02. The molecule has 0 amide bonds. The molecule has 0 spiro atoms. The van der Waals surface area contributed by atoms with Crippen molar-refractivity contribution in [3.63, 3.8) is 0 Å². The van der Waals surface area contributed by atoms with E-state index in [2.05, 4.69) is 6.58 Å². The Labute approximate surface area is 85.3 Å². The summed E-state index contributed by atoms with van der Waals surface area (Å²) in [5, 5.41) is 6.31. The standard InChI is InChI=1S/C9H17NO3S/c1-4-7(2)9(6-10)5-8(3)14(11,12)13/h4,6-10H,1,5H2,2-3H3,(H,11,12,13)/t7-,8?,9?/m1/s1. The third-order valence-electron chi connectivity index (χ3n) is 2.37. The number of nitrogens with one attached hydrogen (secondary N) is 1. The predicted molar refractivity (Wildman–Crippen MR) is 57.3 cm³/mol. The SMILES string of the molecule is C=C[C@@H](C)C(C=N)CC(C)S(=O)(=O)O. The predicted octanol–water partition coefficient (Wildman–Crippen LogP) is 1.74. The molecule has 5 heteroatoms. The highest BCUT2D eigenvalue weighted by molar-refractivity contribution is 7.86. The molecule has 0 bridgehead atoms.